The number of rotatable bonds is 9. The number of hydrogen-bond acceptors (Lipinski definition) is 4. The predicted molar refractivity (Wildman–Crippen MR) is 67.6 cm³/mol. The molecular weight excluding hydrogens is 218 g/mol. The van der Waals surface area contributed by atoms with Crippen molar-refractivity contribution in [1.82, 2.24) is 9.80 Å². The molecule has 1 saturated carbocycles. The summed E-state index contributed by atoms with van der Waals surface area (Å²) in [6.07, 6.45) is 3.80. The van der Waals surface area contributed by atoms with Crippen molar-refractivity contribution in [3.8, 4) is 0 Å². The van der Waals surface area contributed by atoms with Gasteiger partial charge in [0.2, 0.25) is 5.91 Å². The Morgan fingerprint density at radius 1 is 1.35 bits per heavy atom. The van der Waals surface area contributed by atoms with Gasteiger partial charge in [-0.3, -0.25) is 9.69 Å². The van der Waals surface area contributed by atoms with E-state index in [9.17, 15) is 4.79 Å². The van der Waals surface area contributed by atoms with Gasteiger partial charge in [0.15, 0.2) is 0 Å². The first-order valence-corrected chi connectivity index (χ1v) is 6.48. The maximum absolute atomic E-state index is 11.8. The molecule has 0 unspecified atom stereocenters. The highest BCUT2D eigenvalue weighted by molar-refractivity contribution is 5.76. The van der Waals surface area contributed by atoms with Crippen LogP contribution in [-0.4, -0.2) is 66.7 Å². The van der Waals surface area contributed by atoms with Gasteiger partial charge in [-0.05, 0) is 25.8 Å². The molecule has 0 aromatic carbocycles. The second kappa shape index (κ2) is 7.63. The lowest BCUT2D eigenvalue weighted by Gasteiger charge is -2.22. The van der Waals surface area contributed by atoms with Gasteiger partial charge in [-0.2, -0.15) is 0 Å². The molecule has 1 aliphatic carbocycles. The Morgan fingerprint density at radius 3 is 2.59 bits per heavy atom. The van der Waals surface area contributed by atoms with Crippen molar-refractivity contribution in [3.05, 3.63) is 0 Å². The first kappa shape index (κ1) is 14.4. The molecule has 100 valence electrons. The quantitative estimate of drug-likeness (QED) is 0.580. The van der Waals surface area contributed by atoms with Crippen LogP contribution in [0.4, 0.5) is 0 Å². The Balaban J connectivity index is 2.20. The van der Waals surface area contributed by atoms with Gasteiger partial charge in [-0.1, -0.05) is 0 Å². The summed E-state index contributed by atoms with van der Waals surface area (Å²) in [7, 11) is 1.82. The molecule has 3 N–H and O–H groups in total. The highest BCUT2D eigenvalue weighted by Crippen LogP contribution is 2.26. The minimum absolute atomic E-state index is 0.169. The average Bonchev–Trinajstić information content (AvgIpc) is 3.15. The molecule has 17 heavy (non-hydrogen) atoms. The number of carbonyl (C=O) groups is 1. The maximum atomic E-state index is 11.8. The van der Waals surface area contributed by atoms with Gasteiger partial charge < -0.3 is 15.7 Å². The molecule has 0 spiro atoms. The van der Waals surface area contributed by atoms with Crippen molar-refractivity contribution in [2.24, 2.45) is 5.73 Å². The van der Waals surface area contributed by atoms with E-state index in [2.05, 4.69) is 4.90 Å². The van der Waals surface area contributed by atoms with Crippen LogP contribution in [0.15, 0.2) is 0 Å². The summed E-state index contributed by atoms with van der Waals surface area (Å²) in [5.74, 6) is 0.169. The Hall–Kier alpha value is -0.650. The van der Waals surface area contributed by atoms with Gasteiger partial charge in [0.25, 0.3) is 0 Å². The summed E-state index contributed by atoms with van der Waals surface area (Å²) in [6.45, 7) is 2.98. The van der Waals surface area contributed by atoms with E-state index in [0.717, 1.165) is 19.5 Å². The molecular formula is C12H25N3O2. The van der Waals surface area contributed by atoms with Crippen LogP contribution in [-0.2, 0) is 4.79 Å². The molecule has 0 heterocycles. The Morgan fingerprint density at radius 2 is 2.06 bits per heavy atom. The first-order chi connectivity index (χ1) is 8.19. The highest BCUT2D eigenvalue weighted by Gasteiger charge is 2.28. The van der Waals surface area contributed by atoms with Gasteiger partial charge in [0.05, 0.1) is 6.61 Å². The molecule has 0 atom stereocenters. The molecule has 5 heteroatoms. The second-order valence-electron chi connectivity index (χ2n) is 4.70. The van der Waals surface area contributed by atoms with Crippen LogP contribution >= 0.6 is 0 Å². The number of carbonyl (C=O) groups excluding carboxylic acids is 1. The molecule has 1 fully saturated rings. The van der Waals surface area contributed by atoms with Crippen LogP contribution in [0.1, 0.15) is 25.7 Å². The largest absolute Gasteiger partial charge is 0.395 e. The third-order valence-corrected chi connectivity index (χ3v) is 3.19. The highest BCUT2D eigenvalue weighted by atomic mass is 16.3. The van der Waals surface area contributed by atoms with Gasteiger partial charge in [0, 0.05) is 39.1 Å². The number of amides is 1. The Kier molecular flexibility index (Phi) is 6.47. The topological polar surface area (TPSA) is 69.8 Å². The van der Waals surface area contributed by atoms with E-state index >= 15 is 0 Å². The van der Waals surface area contributed by atoms with Crippen molar-refractivity contribution in [2.45, 2.75) is 31.7 Å². The zero-order valence-corrected chi connectivity index (χ0v) is 10.8. The maximum Gasteiger partial charge on any atom is 0.223 e. The summed E-state index contributed by atoms with van der Waals surface area (Å²) in [6, 6.07) is 0.601. The number of hydrogen-bond donors (Lipinski definition) is 2. The molecule has 0 aromatic rings. The van der Waals surface area contributed by atoms with E-state index in [1.807, 2.05) is 7.05 Å². The van der Waals surface area contributed by atoms with Crippen molar-refractivity contribution in [3.63, 3.8) is 0 Å². The van der Waals surface area contributed by atoms with Crippen molar-refractivity contribution < 1.29 is 9.90 Å². The molecule has 0 saturated heterocycles. The lowest BCUT2D eigenvalue weighted by Crippen LogP contribution is -2.35. The minimum atomic E-state index is 0.169. The molecule has 0 aliphatic heterocycles. The average molecular weight is 243 g/mol. The third-order valence-electron chi connectivity index (χ3n) is 3.19. The van der Waals surface area contributed by atoms with Crippen LogP contribution in [0, 0.1) is 0 Å². The Labute approximate surface area is 104 Å². The standard InChI is InChI=1S/C12H25N3O2/c1-14(7-2-6-13)12(17)5-8-15(9-10-16)11-3-4-11/h11,16H,2-10,13H2,1H3. The minimum Gasteiger partial charge on any atom is -0.395 e. The lowest BCUT2D eigenvalue weighted by molar-refractivity contribution is -0.130. The van der Waals surface area contributed by atoms with Crippen LogP contribution in [0.5, 0.6) is 0 Å². The summed E-state index contributed by atoms with van der Waals surface area (Å²) in [5, 5.41) is 8.95. The van der Waals surface area contributed by atoms with Crippen LogP contribution in [0.2, 0.25) is 0 Å². The second-order valence-corrected chi connectivity index (χ2v) is 4.70. The van der Waals surface area contributed by atoms with Crippen LogP contribution in [0.3, 0.4) is 0 Å². The van der Waals surface area contributed by atoms with E-state index in [-0.39, 0.29) is 12.5 Å². The molecule has 1 rings (SSSR count). The fourth-order valence-corrected chi connectivity index (χ4v) is 1.93. The van der Waals surface area contributed by atoms with Crippen molar-refractivity contribution in [2.75, 3.05) is 39.8 Å². The van der Waals surface area contributed by atoms with Crippen LogP contribution < -0.4 is 5.73 Å². The first-order valence-electron chi connectivity index (χ1n) is 6.48. The smallest absolute Gasteiger partial charge is 0.223 e. The SMILES string of the molecule is CN(CCCN)C(=O)CCN(CCO)C1CC1. The fourth-order valence-electron chi connectivity index (χ4n) is 1.93. The fraction of sp³-hybridized carbons (Fsp3) is 0.917. The monoisotopic (exact) mass is 243 g/mol. The van der Waals surface area contributed by atoms with Crippen molar-refractivity contribution in [1.29, 1.82) is 0 Å². The van der Waals surface area contributed by atoms with Gasteiger partial charge in [0.1, 0.15) is 0 Å². The summed E-state index contributed by atoms with van der Waals surface area (Å²) in [4.78, 5) is 15.8. The summed E-state index contributed by atoms with van der Waals surface area (Å²) in [5.41, 5.74) is 5.41. The normalized spacial score (nSPS) is 15.3. The molecule has 5 nitrogen and oxygen atoms in total. The van der Waals surface area contributed by atoms with Gasteiger partial charge in [-0.25, -0.2) is 0 Å². The summed E-state index contributed by atoms with van der Waals surface area (Å²) >= 11 is 0. The number of aliphatic hydroxyl groups excluding tert-OH is 1. The van der Waals surface area contributed by atoms with Crippen LogP contribution in [0.25, 0.3) is 0 Å². The molecule has 1 amide bonds. The molecule has 0 bridgehead atoms. The van der Waals surface area contributed by atoms with E-state index in [4.69, 9.17) is 10.8 Å². The zero-order chi connectivity index (χ0) is 12.7. The molecule has 0 aromatic heterocycles. The molecule has 1 aliphatic rings. The number of aliphatic hydroxyl groups is 1. The lowest BCUT2D eigenvalue weighted by atomic mass is 10.3. The summed E-state index contributed by atoms with van der Waals surface area (Å²) < 4.78 is 0. The Bertz CT molecular complexity index is 232. The predicted octanol–water partition coefficient (Wildman–Crippen LogP) is -0.360. The number of nitrogens with two attached hydrogens (primary N) is 1. The number of nitrogens with zero attached hydrogens (tertiary/aromatic N) is 2. The van der Waals surface area contributed by atoms with E-state index in [1.165, 1.54) is 12.8 Å². The van der Waals surface area contributed by atoms with E-state index in [0.29, 0.717) is 25.6 Å². The van der Waals surface area contributed by atoms with E-state index in [1.54, 1.807) is 4.90 Å². The van der Waals surface area contributed by atoms with E-state index < -0.39 is 0 Å². The third kappa shape index (κ3) is 5.48. The van der Waals surface area contributed by atoms with Gasteiger partial charge in [-0.15, -0.1) is 0 Å². The zero-order valence-electron chi connectivity index (χ0n) is 10.8. The van der Waals surface area contributed by atoms with Gasteiger partial charge >= 0.3 is 0 Å². The van der Waals surface area contributed by atoms with Crippen molar-refractivity contribution >= 4 is 5.91 Å². The molecule has 0 radical (unpaired) electrons.